The third-order valence-corrected chi connectivity index (χ3v) is 4.02. The molecule has 0 saturated carbocycles. The molecule has 1 N–H and O–H groups in total. The summed E-state index contributed by atoms with van der Waals surface area (Å²) in [7, 11) is 1.56. The summed E-state index contributed by atoms with van der Waals surface area (Å²) in [5.41, 5.74) is -0.269. The van der Waals surface area contributed by atoms with E-state index < -0.39 is 11.6 Å². The molecule has 1 fully saturated rings. The van der Waals surface area contributed by atoms with Crippen molar-refractivity contribution in [3.05, 3.63) is 22.7 Å². The molecule has 0 bridgehead atoms. The Morgan fingerprint density at radius 1 is 1.35 bits per heavy atom. The summed E-state index contributed by atoms with van der Waals surface area (Å²) in [5, 5.41) is 2.72. The molecule has 108 valence electrons. The first-order valence-corrected chi connectivity index (χ1v) is 7.06. The Morgan fingerprint density at radius 2 is 2.00 bits per heavy atom. The molecule has 6 heteroatoms. The van der Waals surface area contributed by atoms with Gasteiger partial charge < -0.3 is 10.1 Å². The van der Waals surface area contributed by atoms with Gasteiger partial charge in [-0.1, -0.05) is 0 Å². The summed E-state index contributed by atoms with van der Waals surface area (Å²) in [4.78, 5) is 26.1. The Kier molecular flexibility index (Phi) is 3.77. The van der Waals surface area contributed by atoms with Crippen LogP contribution in [0.2, 0.25) is 0 Å². The summed E-state index contributed by atoms with van der Waals surface area (Å²) >= 11 is 3.37. The van der Waals surface area contributed by atoms with Crippen LogP contribution in [0.5, 0.6) is 5.75 Å². The van der Waals surface area contributed by atoms with Crippen molar-refractivity contribution in [2.24, 2.45) is 0 Å². The largest absolute Gasteiger partial charge is 0.495 e. The van der Waals surface area contributed by atoms with Crippen LogP contribution in [-0.2, 0) is 9.59 Å². The van der Waals surface area contributed by atoms with Crippen molar-refractivity contribution in [2.75, 3.05) is 12.0 Å². The number of methoxy groups -OCH3 is 1. The number of piperazine rings is 1. The minimum atomic E-state index is -0.913. The Bertz CT molecular complexity index is 572. The first kappa shape index (κ1) is 14.8. The van der Waals surface area contributed by atoms with E-state index in [0.29, 0.717) is 11.4 Å². The number of halogens is 1. The molecule has 20 heavy (non-hydrogen) atoms. The molecule has 1 aliphatic rings. The van der Waals surface area contributed by atoms with Crippen molar-refractivity contribution in [1.29, 1.82) is 0 Å². The van der Waals surface area contributed by atoms with E-state index in [1.165, 1.54) is 4.90 Å². The molecule has 2 amide bonds. The number of amides is 2. The van der Waals surface area contributed by atoms with Crippen molar-refractivity contribution < 1.29 is 14.3 Å². The molecule has 0 aromatic heterocycles. The highest BCUT2D eigenvalue weighted by Gasteiger charge is 2.44. The molecule has 5 nitrogen and oxygen atoms in total. The predicted molar refractivity (Wildman–Crippen MR) is 79.9 cm³/mol. The fraction of sp³-hybridized carbons (Fsp3) is 0.429. The SMILES string of the molecule is COc1cc(N2C(=O)C(C)(C)NC(=O)C2C)ccc1Br. The van der Waals surface area contributed by atoms with Gasteiger partial charge in [0.25, 0.3) is 5.91 Å². The van der Waals surface area contributed by atoms with E-state index in [1.54, 1.807) is 46.1 Å². The fourth-order valence-corrected chi connectivity index (χ4v) is 2.61. The molecule has 0 aliphatic carbocycles. The summed E-state index contributed by atoms with van der Waals surface area (Å²) in [6, 6.07) is 4.78. The Balaban J connectivity index is 2.48. The minimum absolute atomic E-state index is 0.144. The number of anilines is 1. The lowest BCUT2D eigenvalue weighted by molar-refractivity contribution is -0.136. The molecular weight excluding hydrogens is 324 g/mol. The first-order valence-electron chi connectivity index (χ1n) is 6.27. The van der Waals surface area contributed by atoms with Crippen LogP contribution < -0.4 is 15.0 Å². The highest BCUT2D eigenvalue weighted by atomic mass is 79.9. The highest BCUT2D eigenvalue weighted by Crippen LogP contribution is 2.32. The van der Waals surface area contributed by atoms with Crippen LogP contribution in [-0.4, -0.2) is 30.5 Å². The van der Waals surface area contributed by atoms with Gasteiger partial charge in [0, 0.05) is 11.8 Å². The molecule has 2 rings (SSSR count). The van der Waals surface area contributed by atoms with Crippen molar-refractivity contribution in [3.8, 4) is 5.75 Å². The van der Waals surface area contributed by atoms with Crippen LogP contribution in [0.1, 0.15) is 20.8 Å². The van der Waals surface area contributed by atoms with Crippen LogP contribution in [0, 0.1) is 0 Å². The third kappa shape index (κ3) is 2.40. The summed E-state index contributed by atoms with van der Waals surface area (Å²) < 4.78 is 6.04. The van der Waals surface area contributed by atoms with E-state index in [2.05, 4.69) is 21.2 Å². The molecule has 0 spiro atoms. The molecule has 1 atom stereocenters. The smallest absolute Gasteiger partial charge is 0.252 e. The van der Waals surface area contributed by atoms with Gasteiger partial charge in [-0.15, -0.1) is 0 Å². The zero-order valence-electron chi connectivity index (χ0n) is 11.9. The molecule has 1 aliphatic heterocycles. The first-order chi connectivity index (χ1) is 9.27. The Labute approximate surface area is 126 Å². The maximum Gasteiger partial charge on any atom is 0.252 e. The van der Waals surface area contributed by atoms with Gasteiger partial charge in [0.15, 0.2) is 0 Å². The number of hydrogen-bond acceptors (Lipinski definition) is 3. The molecule has 1 aromatic carbocycles. The van der Waals surface area contributed by atoms with Crippen molar-refractivity contribution in [3.63, 3.8) is 0 Å². The molecule has 1 aromatic rings. The highest BCUT2D eigenvalue weighted by molar-refractivity contribution is 9.10. The van der Waals surface area contributed by atoms with Gasteiger partial charge in [-0.25, -0.2) is 0 Å². The second kappa shape index (κ2) is 5.09. The van der Waals surface area contributed by atoms with Gasteiger partial charge in [0.1, 0.15) is 17.3 Å². The zero-order valence-corrected chi connectivity index (χ0v) is 13.4. The lowest BCUT2D eigenvalue weighted by Gasteiger charge is -2.41. The van der Waals surface area contributed by atoms with E-state index in [4.69, 9.17) is 4.74 Å². The standard InChI is InChI=1S/C14H17BrN2O3/c1-8-12(18)16-14(2,3)13(19)17(8)9-5-6-10(15)11(7-9)20-4/h5-8H,1-4H3,(H,16,18). The van der Waals surface area contributed by atoms with Gasteiger partial charge in [0.2, 0.25) is 5.91 Å². The van der Waals surface area contributed by atoms with Gasteiger partial charge in [0.05, 0.1) is 11.6 Å². The molecule has 1 saturated heterocycles. The van der Waals surface area contributed by atoms with Crippen molar-refractivity contribution >= 4 is 33.4 Å². The summed E-state index contributed by atoms with van der Waals surface area (Å²) in [6.45, 7) is 5.10. The number of carbonyl (C=O) groups excluding carboxylic acids is 2. The number of nitrogens with one attached hydrogen (secondary N) is 1. The van der Waals surface area contributed by atoms with Crippen LogP contribution in [0.15, 0.2) is 22.7 Å². The monoisotopic (exact) mass is 340 g/mol. The number of nitrogens with zero attached hydrogens (tertiary/aromatic N) is 1. The number of benzene rings is 1. The van der Waals surface area contributed by atoms with E-state index >= 15 is 0 Å². The van der Waals surface area contributed by atoms with E-state index in [1.807, 2.05) is 0 Å². The quantitative estimate of drug-likeness (QED) is 0.896. The Hall–Kier alpha value is -1.56. The molecule has 0 radical (unpaired) electrons. The van der Waals surface area contributed by atoms with Crippen molar-refractivity contribution in [2.45, 2.75) is 32.4 Å². The maximum absolute atomic E-state index is 12.5. The van der Waals surface area contributed by atoms with E-state index in [-0.39, 0.29) is 11.8 Å². The van der Waals surface area contributed by atoms with E-state index in [0.717, 1.165) is 4.47 Å². The second-order valence-corrected chi connectivity index (χ2v) is 6.14. The zero-order chi connectivity index (χ0) is 15.1. The van der Waals surface area contributed by atoms with Crippen molar-refractivity contribution in [1.82, 2.24) is 5.32 Å². The topological polar surface area (TPSA) is 58.6 Å². The van der Waals surface area contributed by atoms with Crippen LogP contribution in [0.4, 0.5) is 5.69 Å². The fourth-order valence-electron chi connectivity index (χ4n) is 2.20. The summed E-state index contributed by atoms with van der Waals surface area (Å²) in [6.07, 6.45) is 0. The second-order valence-electron chi connectivity index (χ2n) is 5.28. The van der Waals surface area contributed by atoms with E-state index in [9.17, 15) is 9.59 Å². The maximum atomic E-state index is 12.5. The van der Waals surface area contributed by atoms with Gasteiger partial charge in [-0.3, -0.25) is 14.5 Å². The number of ether oxygens (including phenoxy) is 1. The predicted octanol–water partition coefficient (Wildman–Crippen LogP) is 2.09. The third-order valence-electron chi connectivity index (χ3n) is 3.37. The normalized spacial score (nSPS) is 21.6. The van der Waals surface area contributed by atoms with Crippen LogP contribution in [0.3, 0.4) is 0 Å². The number of carbonyl (C=O) groups is 2. The van der Waals surface area contributed by atoms with Crippen LogP contribution >= 0.6 is 15.9 Å². The molecule has 1 unspecified atom stereocenters. The molecule has 1 heterocycles. The average Bonchev–Trinajstić information content (AvgIpc) is 2.38. The summed E-state index contributed by atoms with van der Waals surface area (Å²) in [5.74, 6) is 0.303. The molecular formula is C14H17BrN2O3. The average molecular weight is 341 g/mol. The van der Waals surface area contributed by atoms with Gasteiger partial charge >= 0.3 is 0 Å². The van der Waals surface area contributed by atoms with Gasteiger partial charge in [-0.05, 0) is 48.8 Å². The number of rotatable bonds is 2. The van der Waals surface area contributed by atoms with Crippen LogP contribution in [0.25, 0.3) is 0 Å². The van der Waals surface area contributed by atoms with Gasteiger partial charge in [-0.2, -0.15) is 0 Å². The lowest BCUT2D eigenvalue weighted by Crippen LogP contribution is -2.67. The Morgan fingerprint density at radius 3 is 2.60 bits per heavy atom. The number of hydrogen-bond donors (Lipinski definition) is 1. The lowest BCUT2D eigenvalue weighted by atomic mass is 9.96. The minimum Gasteiger partial charge on any atom is -0.495 e.